The minimum atomic E-state index is -1.31. The number of rotatable bonds is 6. The average Bonchev–Trinajstić information content (AvgIpc) is 3.15. The Hall–Kier alpha value is -3.90. The first-order valence-corrected chi connectivity index (χ1v) is 10.6. The molecule has 0 saturated carbocycles. The van der Waals surface area contributed by atoms with E-state index in [1.807, 2.05) is 54.6 Å². The van der Waals surface area contributed by atoms with Crippen LogP contribution in [0.4, 0.5) is 4.79 Å². The number of carboxylic acid groups (broad SMARTS) is 1. The van der Waals surface area contributed by atoms with Gasteiger partial charge in [0.1, 0.15) is 12.6 Å². The molecule has 9 heteroatoms. The van der Waals surface area contributed by atoms with Gasteiger partial charge < -0.3 is 24.8 Å². The Labute approximate surface area is 190 Å². The lowest BCUT2D eigenvalue weighted by Gasteiger charge is -2.32. The zero-order chi connectivity index (χ0) is 23.4. The molecule has 0 aromatic heterocycles. The van der Waals surface area contributed by atoms with Crippen molar-refractivity contribution < 1.29 is 29.0 Å². The maximum Gasteiger partial charge on any atom is 0.407 e. The molecule has 9 nitrogen and oxygen atoms in total. The molecule has 2 aromatic rings. The van der Waals surface area contributed by atoms with Crippen LogP contribution in [-0.2, 0) is 19.1 Å². The van der Waals surface area contributed by atoms with Crippen molar-refractivity contribution in [2.75, 3.05) is 26.3 Å². The fourth-order valence-corrected chi connectivity index (χ4v) is 4.30. The number of fused-ring (bicyclic) bond motifs is 3. The zero-order valence-corrected chi connectivity index (χ0v) is 17.8. The molecule has 33 heavy (non-hydrogen) atoms. The molecular formula is C24H23N3O6. The van der Waals surface area contributed by atoms with E-state index in [1.54, 1.807) is 0 Å². The predicted molar refractivity (Wildman–Crippen MR) is 116 cm³/mol. The van der Waals surface area contributed by atoms with Crippen LogP contribution < -0.4 is 5.32 Å². The van der Waals surface area contributed by atoms with E-state index >= 15 is 0 Å². The van der Waals surface area contributed by atoms with E-state index in [0.29, 0.717) is 0 Å². The highest BCUT2D eigenvalue weighted by atomic mass is 16.5. The standard InChI is InChI=1S/C24H23N3O6/c25-12-15-13-27(9-10-32-15)23(30)21(11-22(28)29)26-24(31)33-14-20-18-7-3-1-5-16(18)17-6-2-4-8-19(17)20/h1-8,15,20-21H,9-11,13-14H2,(H,26,31)(H,28,29). The Kier molecular flexibility index (Phi) is 6.56. The summed E-state index contributed by atoms with van der Waals surface area (Å²) in [6.07, 6.45) is -2.26. The summed E-state index contributed by atoms with van der Waals surface area (Å²) in [5, 5.41) is 20.7. The fraction of sp³-hybridized carbons (Fsp3) is 0.333. The molecule has 1 aliphatic carbocycles. The normalized spacial score (nSPS) is 17.9. The van der Waals surface area contributed by atoms with E-state index < -0.39 is 36.5 Å². The third kappa shape index (κ3) is 4.81. The first-order chi connectivity index (χ1) is 16.0. The summed E-state index contributed by atoms with van der Waals surface area (Å²) in [7, 11) is 0. The van der Waals surface area contributed by atoms with E-state index in [2.05, 4.69) is 5.32 Å². The summed E-state index contributed by atoms with van der Waals surface area (Å²) < 4.78 is 10.7. The highest BCUT2D eigenvalue weighted by molar-refractivity contribution is 5.89. The van der Waals surface area contributed by atoms with Gasteiger partial charge in [-0.25, -0.2) is 4.79 Å². The Morgan fingerprint density at radius 3 is 2.39 bits per heavy atom. The molecule has 2 atom stereocenters. The molecule has 0 spiro atoms. The maximum atomic E-state index is 12.8. The van der Waals surface area contributed by atoms with Gasteiger partial charge in [0.05, 0.1) is 25.6 Å². The second kappa shape index (κ2) is 9.71. The predicted octanol–water partition coefficient (Wildman–Crippen LogP) is 2.12. The first-order valence-electron chi connectivity index (χ1n) is 10.6. The number of hydrogen-bond acceptors (Lipinski definition) is 6. The van der Waals surface area contributed by atoms with E-state index in [-0.39, 0.29) is 32.2 Å². The van der Waals surface area contributed by atoms with Gasteiger partial charge in [0.15, 0.2) is 6.10 Å². The molecule has 1 heterocycles. The largest absolute Gasteiger partial charge is 0.481 e. The molecule has 170 valence electrons. The summed E-state index contributed by atoms with van der Waals surface area (Å²) in [6, 6.07) is 16.4. The molecule has 0 radical (unpaired) electrons. The maximum absolute atomic E-state index is 12.8. The van der Waals surface area contributed by atoms with Crippen LogP contribution in [-0.4, -0.2) is 66.4 Å². The summed E-state index contributed by atoms with van der Waals surface area (Å²) in [5.41, 5.74) is 4.25. The van der Waals surface area contributed by atoms with E-state index in [0.717, 1.165) is 22.3 Å². The van der Waals surface area contributed by atoms with Gasteiger partial charge in [-0.1, -0.05) is 48.5 Å². The Balaban J connectivity index is 1.43. The van der Waals surface area contributed by atoms with Gasteiger partial charge in [0.25, 0.3) is 0 Å². The van der Waals surface area contributed by atoms with Gasteiger partial charge in [0, 0.05) is 12.5 Å². The molecule has 2 amide bonds. The second-order valence-electron chi connectivity index (χ2n) is 7.89. The number of morpholine rings is 1. The van der Waals surface area contributed by atoms with Crippen LogP contribution in [0.15, 0.2) is 48.5 Å². The number of hydrogen-bond donors (Lipinski definition) is 2. The van der Waals surface area contributed by atoms with Crippen molar-refractivity contribution >= 4 is 18.0 Å². The van der Waals surface area contributed by atoms with E-state index in [1.165, 1.54) is 4.90 Å². The van der Waals surface area contributed by atoms with Gasteiger partial charge in [-0.2, -0.15) is 5.26 Å². The third-order valence-corrected chi connectivity index (χ3v) is 5.83. The third-order valence-electron chi connectivity index (χ3n) is 5.83. The van der Waals surface area contributed by atoms with E-state index in [9.17, 15) is 19.5 Å². The lowest BCUT2D eigenvalue weighted by atomic mass is 9.98. The fourth-order valence-electron chi connectivity index (χ4n) is 4.30. The summed E-state index contributed by atoms with van der Waals surface area (Å²) in [5.74, 6) is -1.99. The minimum absolute atomic E-state index is 0.0117. The van der Waals surface area contributed by atoms with Crippen LogP contribution in [0.1, 0.15) is 23.5 Å². The molecule has 1 saturated heterocycles. The lowest BCUT2D eigenvalue weighted by Crippen LogP contribution is -2.54. The lowest BCUT2D eigenvalue weighted by molar-refractivity contribution is -0.145. The molecule has 1 fully saturated rings. The van der Waals surface area contributed by atoms with Crippen molar-refractivity contribution in [1.82, 2.24) is 10.2 Å². The van der Waals surface area contributed by atoms with Crippen LogP contribution in [0.5, 0.6) is 0 Å². The number of alkyl carbamates (subject to hydrolysis) is 1. The number of benzene rings is 2. The number of aliphatic carboxylic acids is 1. The van der Waals surface area contributed by atoms with Crippen molar-refractivity contribution in [3.8, 4) is 17.2 Å². The molecule has 2 N–H and O–H groups in total. The van der Waals surface area contributed by atoms with Crippen LogP contribution >= 0.6 is 0 Å². The van der Waals surface area contributed by atoms with Crippen molar-refractivity contribution in [3.05, 3.63) is 59.7 Å². The first kappa shape index (κ1) is 22.3. The highest BCUT2D eigenvalue weighted by Crippen LogP contribution is 2.44. The molecule has 2 aliphatic rings. The number of ether oxygens (including phenoxy) is 2. The highest BCUT2D eigenvalue weighted by Gasteiger charge is 2.33. The van der Waals surface area contributed by atoms with Gasteiger partial charge in [-0.3, -0.25) is 9.59 Å². The summed E-state index contributed by atoms with van der Waals surface area (Å²) in [4.78, 5) is 38.0. The molecule has 0 bridgehead atoms. The van der Waals surface area contributed by atoms with Crippen molar-refractivity contribution in [2.24, 2.45) is 0 Å². The summed E-state index contributed by atoms with van der Waals surface area (Å²) >= 11 is 0. The van der Waals surface area contributed by atoms with Gasteiger partial charge in [0.2, 0.25) is 5.91 Å². The molecule has 1 aliphatic heterocycles. The van der Waals surface area contributed by atoms with Crippen LogP contribution in [0.2, 0.25) is 0 Å². The topological polar surface area (TPSA) is 129 Å². The number of carbonyl (C=O) groups excluding carboxylic acids is 2. The number of nitrogens with zero attached hydrogens (tertiary/aromatic N) is 2. The minimum Gasteiger partial charge on any atom is -0.481 e. The number of carbonyl (C=O) groups is 3. The Bertz CT molecular complexity index is 1070. The Morgan fingerprint density at radius 2 is 1.79 bits per heavy atom. The van der Waals surface area contributed by atoms with Gasteiger partial charge in [-0.05, 0) is 22.3 Å². The number of nitrogens with one attached hydrogen (secondary N) is 1. The van der Waals surface area contributed by atoms with Crippen molar-refractivity contribution in [1.29, 1.82) is 5.26 Å². The average molecular weight is 449 g/mol. The van der Waals surface area contributed by atoms with Crippen LogP contribution in [0, 0.1) is 11.3 Å². The number of amides is 2. The van der Waals surface area contributed by atoms with Crippen molar-refractivity contribution in [2.45, 2.75) is 24.5 Å². The molecule has 4 rings (SSSR count). The zero-order valence-electron chi connectivity index (χ0n) is 17.8. The Morgan fingerprint density at radius 1 is 1.15 bits per heavy atom. The van der Waals surface area contributed by atoms with Gasteiger partial charge >= 0.3 is 12.1 Å². The van der Waals surface area contributed by atoms with Crippen LogP contribution in [0.25, 0.3) is 11.1 Å². The number of nitriles is 1. The van der Waals surface area contributed by atoms with Crippen molar-refractivity contribution in [3.63, 3.8) is 0 Å². The molecular weight excluding hydrogens is 426 g/mol. The number of carboxylic acids is 1. The van der Waals surface area contributed by atoms with Gasteiger partial charge in [-0.15, -0.1) is 0 Å². The summed E-state index contributed by atoms with van der Waals surface area (Å²) in [6.45, 7) is 0.425. The van der Waals surface area contributed by atoms with E-state index in [4.69, 9.17) is 14.7 Å². The van der Waals surface area contributed by atoms with Crippen LogP contribution in [0.3, 0.4) is 0 Å². The quantitative estimate of drug-likeness (QED) is 0.691. The molecule has 2 unspecified atom stereocenters. The SMILES string of the molecule is N#CC1CN(C(=O)C(CC(=O)O)NC(=O)OCC2c3ccccc3-c3ccccc32)CCO1. The molecule has 2 aromatic carbocycles. The monoisotopic (exact) mass is 449 g/mol. The second-order valence-corrected chi connectivity index (χ2v) is 7.89. The smallest absolute Gasteiger partial charge is 0.407 e.